The summed E-state index contributed by atoms with van der Waals surface area (Å²) in [5, 5.41) is 0.827. The van der Waals surface area contributed by atoms with E-state index in [9.17, 15) is 8.42 Å². The van der Waals surface area contributed by atoms with E-state index in [1.807, 2.05) is 18.4 Å². The third kappa shape index (κ3) is 13.8. The average Bonchev–Trinajstić information content (AvgIpc) is 3.30. The van der Waals surface area contributed by atoms with Crippen LogP contribution in [0.2, 0.25) is 0 Å². The molecule has 4 heterocycles. The molecule has 0 saturated carbocycles. The van der Waals surface area contributed by atoms with Crippen LogP contribution in [0.1, 0.15) is 142 Å². The van der Waals surface area contributed by atoms with Crippen molar-refractivity contribution in [2.75, 3.05) is 76.7 Å². The molecule has 340 valence electrons. The second kappa shape index (κ2) is 25.2. The normalized spacial score (nSPS) is 18.1. The van der Waals surface area contributed by atoms with Crippen LogP contribution < -0.4 is 9.64 Å². The molecule has 61 heavy (non-hydrogen) atoms. The molecule has 6 rings (SSSR count). The highest BCUT2D eigenvalue weighted by molar-refractivity contribution is 7.98. The molecular weight excluding hydrogens is 802 g/mol. The number of likely N-dealkylation sites (tertiary alicyclic amines) is 1. The molecule has 1 aromatic heterocycles. The molecule has 3 aliphatic rings. The van der Waals surface area contributed by atoms with Crippen molar-refractivity contribution in [3.05, 3.63) is 48.4 Å². The van der Waals surface area contributed by atoms with E-state index in [0.717, 1.165) is 99.8 Å². The molecule has 0 N–H and O–H groups in total. The summed E-state index contributed by atoms with van der Waals surface area (Å²) >= 11 is 1.63. The van der Waals surface area contributed by atoms with E-state index < -0.39 is 15.7 Å². The van der Waals surface area contributed by atoms with Crippen LogP contribution in [0.5, 0.6) is 5.75 Å². The number of nitrogens with zero attached hydrogens (tertiary/aromatic N) is 5. The molecule has 0 aliphatic carbocycles. The monoisotopic (exact) mass is 880 g/mol. The second-order valence-corrected chi connectivity index (χ2v) is 20.9. The predicted octanol–water partition coefficient (Wildman–Crippen LogP) is 11.6. The fraction of sp³-hybridized carbons (Fsp3) is 0.700. The molecule has 3 aromatic rings. The fourth-order valence-electron chi connectivity index (χ4n) is 10.0. The summed E-state index contributed by atoms with van der Waals surface area (Å²) in [5.74, 6) is -0.545. The Kier molecular flexibility index (Phi) is 19.8. The van der Waals surface area contributed by atoms with Crippen molar-refractivity contribution in [1.82, 2.24) is 19.7 Å². The number of aromatic nitrogens is 1. The zero-order chi connectivity index (χ0) is 42.9. The molecule has 3 aliphatic heterocycles. The van der Waals surface area contributed by atoms with Gasteiger partial charge in [-0.15, -0.1) is 11.8 Å². The Morgan fingerprint density at radius 2 is 1.23 bits per heavy atom. The molecule has 0 spiro atoms. The highest BCUT2D eigenvalue weighted by Gasteiger charge is 2.34. The Labute approximate surface area is 373 Å². The summed E-state index contributed by atoms with van der Waals surface area (Å²) < 4.78 is 50.4. The van der Waals surface area contributed by atoms with Gasteiger partial charge in [-0.05, 0) is 94.4 Å². The standard InChI is InChI=1S/C50H78FN5O3S2/c1-4-6-7-8-9-10-11-12-13-14-15-16-17-18-19-20-37-59-48-24-22-44(39-46(48)51)61(57,58)49-40-52-47-23-21-43(60-3)38-45(47)50(49)56-31-27-42(28-32-56)55-35-33-54(34-36-55)41-25-29-53(5-2)30-26-41/h21-24,38-42H,4-20,25-37H2,1-3H3. The quantitative estimate of drug-likeness (QED) is 0.0611. The Bertz CT molecular complexity index is 1860. The van der Waals surface area contributed by atoms with Crippen LogP contribution in [0.4, 0.5) is 10.1 Å². The van der Waals surface area contributed by atoms with Crippen LogP contribution in [0, 0.1) is 5.82 Å². The summed E-state index contributed by atoms with van der Waals surface area (Å²) in [6, 6.07) is 11.4. The maximum Gasteiger partial charge on any atom is 0.210 e. The molecule has 0 unspecified atom stereocenters. The molecule has 0 atom stereocenters. The first kappa shape index (κ1) is 48.0. The minimum absolute atomic E-state index is 0.0729. The number of hydrogen-bond acceptors (Lipinski definition) is 9. The van der Waals surface area contributed by atoms with Crippen molar-refractivity contribution in [3.63, 3.8) is 0 Å². The van der Waals surface area contributed by atoms with E-state index in [1.165, 1.54) is 128 Å². The Morgan fingerprint density at radius 3 is 1.75 bits per heavy atom. The Morgan fingerprint density at radius 1 is 0.689 bits per heavy atom. The Balaban J connectivity index is 0.984. The molecule has 0 radical (unpaired) electrons. The largest absolute Gasteiger partial charge is 0.491 e. The topological polar surface area (TPSA) is 69.2 Å². The number of fused-ring (bicyclic) bond motifs is 1. The molecule has 11 heteroatoms. The van der Waals surface area contributed by atoms with Crippen LogP contribution in [-0.2, 0) is 9.84 Å². The van der Waals surface area contributed by atoms with Gasteiger partial charge < -0.3 is 14.5 Å². The molecule has 2 aromatic carbocycles. The van der Waals surface area contributed by atoms with Gasteiger partial charge in [-0.3, -0.25) is 14.8 Å². The lowest BCUT2D eigenvalue weighted by atomic mass is 9.99. The van der Waals surface area contributed by atoms with E-state index in [4.69, 9.17) is 4.74 Å². The fourth-order valence-corrected chi connectivity index (χ4v) is 11.9. The molecule has 0 amide bonds. The van der Waals surface area contributed by atoms with E-state index in [2.05, 4.69) is 44.5 Å². The summed E-state index contributed by atoms with van der Waals surface area (Å²) in [6.45, 7) is 14.5. The lowest BCUT2D eigenvalue weighted by Gasteiger charge is -2.46. The van der Waals surface area contributed by atoms with Gasteiger partial charge >= 0.3 is 0 Å². The third-order valence-electron chi connectivity index (χ3n) is 13.9. The van der Waals surface area contributed by atoms with Crippen molar-refractivity contribution in [1.29, 1.82) is 0 Å². The second-order valence-electron chi connectivity index (χ2n) is 18.1. The van der Waals surface area contributed by atoms with Gasteiger partial charge in [-0.25, -0.2) is 12.8 Å². The van der Waals surface area contributed by atoms with Gasteiger partial charge in [0.1, 0.15) is 4.90 Å². The minimum Gasteiger partial charge on any atom is -0.491 e. The lowest BCUT2D eigenvalue weighted by Crippen LogP contribution is -2.56. The first-order valence-electron chi connectivity index (χ1n) is 24.4. The van der Waals surface area contributed by atoms with E-state index in [1.54, 1.807) is 11.8 Å². The zero-order valence-electron chi connectivity index (χ0n) is 38.1. The smallest absolute Gasteiger partial charge is 0.210 e. The molecular formula is C50H78FN5O3S2. The summed E-state index contributed by atoms with van der Waals surface area (Å²) in [7, 11) is -4.10. The maximum absolute atomic E-state index is 15.6. The first-order chi connectivity index (χ1) is 29.8. The van der Waals surface area contributed by atoms with Crippen LogP contribution in [0.15, 0.2) is 57.3 Å². The van der Waals surface area contributed by atoms with Gasteiger partial charge in [0, 0.05) is 67.8 Å². The predicted molar refractivity (Wildman–Crippen MR) is 254 cm³/mol. The van der Waals surface area contributed by atoms with Gasteiger partial charge in [-0.2, -0.15) is 0 Å². The number of ether oxygens (including phenoxy) is 1. The van der Waals surface area contributed by atoms with Crippen molar-refractivity contribution in [2.24, 2.45) is 0 Å². The molecule has 3 saturated heterocycles. The number of halogens is 1. The summed E-state index contributed by atoms with van der Waals surface area (Å²) in [4.78, 5) is 16.0. The van der Waals surface area contributed by atoms with Crippen molar-refractivity contribution in [2.45, 2.75) is 169 Å². The van der Waals surface area contributed by atoms with Crippen molar-refractivity contribution < 1.29 is 17.5 Å². The SMILES string of the molecule is CCCCCCCCCCCCCCCCCCOc1ccc(S(=O)(=O)c2cnc3ccc(SC)cc3c2N2CCC(N3CCN(C4CCN(CC)CC4)CC3)CC2)cc1F. The minimum atomic E-state index is -4.10. The van der Waals surface area contributed by atoms with E-state index in [-0.39, 0.29) is 15.5 Å². The van der Waals surface area contributed by atoms with Crippen LogP contribution in [-0.4, -0.2) is 112 Å². The molecule has 8 nitrogen and oxygen atoms in total. The number of sulfone groups is 1. The van der Waals surface area contributed by atoms with Gasteiger partial charge in [0.25, 0.3) is 0 Å². The number of piperidine rings is 2. The zero-order valence-corrected chi connectivity index (χ0v) is 39.7. The summed E-state index contributed by atoms with van der Waals surface area (Å²) in [5.41, 5.74) is 1.45. The van der Waals surface area contributed by atoms with Crippen molar-refractivity contribution in [3.8, 4) is 5.75 Å². The van der Waals surface area contributed by atoms with Gasteiger partial charge in [0.15, 0.2) is 11.6 Å². The number of benzene rings is 2. The number of rotatable bonds is 25. The van der Waals surface area contributed by atoms with Gasteiger partial charge in [-0.1, -0.05) is 110 Å². The third-order valence-corrected chi connectivity index (χ3v) is 16.4. The number of thioether (sulfide) groups is 1. The average molecular weight is 880 g/mol. The van der Waals surface area contributed by atoms with Crippen LogP contribution in [0.25, 0.3) is 10.9 Å². The van der Waals surface area contributed by atoms with Crippen molar-refractivity contribution >= 4 is 38.2 Å². The Hall–Kier alpha value is -2.44. The first-order valence-corrected chi connectivity index (χ1v) is 27.1. The van der Waals surface area contributed by atoms with Gasteiger partial charge in [0.2, 0.25) is 9.84 Å². The highest BCUT2D eigenvalue weighted by atomic mass is 32.2. The number of pyridine rings is 1. The number of hydrogen-bond donors (Lipinski definition) is 0. The number of piperazine rings is 1. The maximum atomic E-state index is 15.6. The van der Waals surface area contributed by atoms with E-state index in [0.29, 0.717) is 24.4 Å². The summed E-state index contributed by atoms with van der Waals surface area (Å²) in [6.07, 6.45) is 28.7. The number of unbranched alkanes of at least 4 members (excludes halogenated alkanes) is 15. The van der Waals surface area contributed by atoms with Crippen LogP contribution in [0.3, 0.4) is 0 Å². The lowest BCUT2D eigenvalue weighted by molar-refractivity contribution is 0.0384. The van der Waals surface area contributed by atoms with Crippen LogP contribution >= 0.6 is 11.8 Å². The van der Waals surface area contributed by atoms with E-state index >= 15 is 4.39 Å². The molecule has 0 bridgehead atoms. The molecule has 3 fully saturated rings. The van der Waals surface area contributed by atoms with Gasteiger partial charge in [0.05, 0.1) is 22.7 Å². The highest BCUT2D eigenvalue weighted by Crippen LogP contribution is 2.39. The number of anilines is 1.